The molecule has 3 aromatic rings. The van der Waals surface area contributed by atoms with Gasteiger partial charge in [0, 0.05) is 24.4 Å². The standard InChI is InChI=1S/C20H20ClN5O2/c1-27-17-11-15(18(28-2)10-14(17)21)23-19-12-22-25-20(24-19)26-9-5-7-13-6-3-4-8-16(13)26/h3-4,6,8,10-12H,5,7,9H2,1-2H3,(H,23,24,25). The van der Waals surface area contributed by atoms with Gasteiger partial charge in [0.1, 0.15) is 11.5 Å². The Morgan fingerprint density at radius 3 is 2.75 bits per heavy atom. The fourth-order valence-corrected chi connectivity index (χ4v) is 3.54. The zero-order valence-corrected chi connectivity index (χ0v) is 16.4. The Bertz CT molecular complexity index is 998. The lowest BCUT2D eigenvalue weighted by atomic mass is 10.0. The van der Waals surface area contributed by atoms with E-state index >= 15 is 0 Å². The maximum Gasteiger partial charge on any atom is 0.251 e. The molecule has 1 aliphatic heterocycles. The summed E-state index contributed by atoms with van der Waals surface area (Å²) < 4.78 is 10.7. The van der Waals surface area contributed by atoms with E-state index in [1.807, 2.05) is 6.07 Å². The van der Waals surface area contributed by atoms with Crippen LogP contribution in [0.3, 0.4) is 0 Å². The smallest absolute Gasteiger partial charge is 0.251 e. The molecular weight excluding hydrogens is 378 g/mol. The third kappa shape index (κ3) is 3.53. The summed E-state index contributed by atoms with van der Waals surface area (Å²) in [7, 11) is 3.15. The van der Waals surface area contributed by atoms with Crippen LogP contribution in [0.4, 0.5) is 23.1 Å². The SMILES string of the molecule is COc1cc(Nc2cnnc(N3CCCc4ccccc43)n2)c(OC)cc1Cl. The van der Waals surface area contributed by atoms with Crippen molar-refractivity contribution in [3.63, 3.8) is 0 Å². The molecule has 1 N–H and O–H groups in total. The first kappa shape index (κ1) is 18.3. The number of benzene rings is 2. The number of hydrogen-bond donors (Lipinski definition) is 1. The van der Waals surface area contributed by atoms with E-state index in [4.69, 9.17) is 21.1 Å². The van der Waals surface area contributed by atoms with Gasteiger partial charge in [-0.15, -0.1) is 5.10 Å². The van der Waals surface area contributed by atoms with E-state index in [0.717, 1.165) is 25.1 Å². The number of aryl methyl sites for hydroxylation is 1. The van der Waals surface area contributed by atoms with Crippen LogP contribution in [0.5, 0.6) is 11.5 Å². The summed E-state index contributed by atoms with van der Waals surface area (Å²) >= 11 is 6.18. The highest BCUT2D eigenvalue weighted by atomic mass is 35.5. The van der Waals surface area contributed by atoms with E-state index < -0.39 is 0 Å². The van der Waals surface area contributed by atoms with Gasteiger partial charge in [-0.05, 0) is 24.5 Å². The Kier molecular flexibility index (Phi) is 5.16. The second-order valence-corrected chi connectivity index (χ2v) is 6.74. The summed E-state index contributed by atoms with van der Waals surface area (Å²) in [5.41, 5.74) is 3.09. The van der Waals surface area contributed by atoms with Crippen LogP contribution in [-0.2, 0) is 6.42 Å². The summed E-state index contributed by atoms with van der Waals surface area (Å²) in [6.07, 6.45) is 3.67. The highest BCUT2D eigenvalue weighted by Gasteiger charge is 2.20. The van der Waals surface area contributed by atoms with Gasteiger partial charge in [0.05, 0.1) is 31.1 Å². The van der Waals surface area contributed by atoms with Crippen molar-refractivity contribution in [2.75, 3.05) is 31.0 Å². The second-order valence-electron chi connectivity index (χ2n) is 6.34. The number of nitrogens with zero attached hydrogens (tertiary/aromatic N) is 4. The summed E-state index contributed by atoms with van der Waals surface area (Å²) in [4.78, 5) is 6.75. The van der Waals surface area contributed by atoms with Crippen LogP contribution in [0.2, 0.25) is 5.02 Å². The molecule has 0 saturated heterocycles. The lowest BCUT2D eigenvalue weighted by Gasteiger charge is -2.29. The van der Waals surface area contributed by atoms with Gasteiger partial charge >= 0.3 is 0 Å². The summed E-state index contributed by atoms with van der Waals surface area (Å²) in [6, 6.07) is 11.8. The molecule has 7 nitrogen and oxygen atoms in total. The zero-order valence-electron chi connectivity index (χ0n) is 15.6. The van der Waals surface area contributed by atoms with Crippen LogP contribution in [0.25, 0.3) is 0 Å². The van der Waals surface area contributed by atoms with Gasteiger partial charge in [-0.3, -0.25) is 0 Å². The highest BCUT2D eigenvalue weighted by Crippen LogP contribution is 2.37. The molecule has 1 aliphatic rings. The molecule has 2 heterocycles. The van der Waals surface area contributed by atoms with Crippen molar-refractivity contribution < 1.29 is 9.47 Å². The fourth-order valence-electron chi connectivity index (χ4n) is 3.31. The van der Waals surface area contributed by atoms with Crippen molar-refractivity contribution in [2.45, 2.75) is 12.8 Å². The molecule has 0 spiro atoms. The number of ether oxygens (including phenoxy) is 2. The molecule has 8 heteroatoms. The molecule has 0 unspecified atom stereocenters. The van der Waals surface area contributed by atoms with Crippen LogP contribution < -0.4 is 19.7 Å². The van der Waals surface area contributed by atoms with Crippen molar-refractivity contribution in [1.29, 1.82) is 0 Å². The first-order valence-electron chi connectivity index (χ1n) is 8.93. The van der Waals surface area contributed by atoms with E-state index in [0.29, 0.717) is 34.0 Å². The number of anilines is 4. The molecule has 0 fully saturated rings. The molecule has 2 aromatic carbocycles. The van der Waals surface area contributed by atoms with Gasteiger partial charge in [0.15, 0.2) is 5.82 Å². The average Bonchev–Trinajstić information content (AvgIpc) is 2.74. The Hall–Kier alpha value is -3.06. The minimum Gasteiger partial charge on any atom is -0.495 e. The number of aromatic nitrogens is 3. The summed E-state index contributed by atoms with van der Waals surface area (Å²) in [5, 5.41) is 12.1. The molecule has 144 valence electrons. The Morgan fingerprint density at radius 1 is 1.11 bits per heavy atom. The molecule has 0 saturated carbocycles. The lowest BCUT2D eigenvalue weighted by molar-refractivity contribution is 0.405. The number of hydrogen-bond acceptors (Lipinski definition) is 7. The lowest BCUT2D eigenvalue weighted by Crippen LogP contribution is -2.26. The van der Waals surface area contributed by atoms with Crippen molar-refractivity contribution in [2.24, 2.45) is 0 Å². The molecule has 4 rings (SSSR count). The minimum atomic E-state index is 0.469. The van der Waals surface area contributed by atoms with Gasteiger partial charge in [-0.2, -0.15) is 10.1 Å². The van der Waals surface area contributed by atoms with Gasteiger partial charge < -0.3 is 19.7 Å². The number of rotatable bonds is 5. The van der Waals surface area contributed by atoms with Gasteiger partial charge in [-0.1, -0.05) is 29.8 Å². The molecule has 28 heavy (non-hydrogen) atoms. The van der Waals surface area contributed by atoms with Crippen LogP contribution >= 0.6 is 11.6 Å². The van der Waals surface area contributed by atoms with Crippen molar-refractivity contribution in [1.82, 2.24) is 15.2 Å². The van der Waals surface area contributed by atoms with E-state index in [9.17, 15) is 0 Å². The third-order valence-corrected chi connectivity index (χ3v) is 4.93. The molecule has 0 atom stereocenters. The Balaban J connectivity index is 1.66. The predicted molar refractivity (Wildman–Crippen MR) is 109 cm³/mol. The number of para-hydroxylation sites is 1. The Labute approximate surface area is 168 Å². The van der Waals surface area contributed by atoms with Gasteiger partial charge in [-0.25, -0.2) is 0 Å². The number of fused-ring (bicyclic) bond motifs is 1. The number of halogens is 1. The van der Waals surface area contributed by atoms with Crippen LogP contribution in [0, 0.1) is 0 Å². The van der Waals surface area contributed by atoms with Crippen molar-refractivity contribution in [3.05, 3.63) is 53.2 Å². The maximum atomic E-state index is 6.18. The quantitative estimate of drug-likeness (QED) is 0.685. The monoisotopic (exact) mass is 397 g/mol. The zero-order chi connectivity index (χ0) is 19.5. The highest BCUT2D eigenvalue weighted by molar-refractivity contribution is 6.32. The molecule has 0 amide bonds. The molecule has 1 aromatic heterocycles. The second kappa shape index (κ2) is 7.90. The average molecular weight is 398 g/mol. The topological polar surface area (TPSA) is 72.4 Å². The van der Waals surface area contributed by atoms with E-state index in [-0.39, 0.29) is 0 Å². The van der Waals surface area contributed by atoms with Crippen LogP contribution in [0.1, 0.15) is 12.0 Å². The van der Waals surface area contributed by atoms with Crippen molar-refractivity contribution in [3.8, 4) is 11.5 Å². The maximum absolute atomic E-state index is 6.18. The first-order valence-corrected chi connectivity index (χ1v) is 9.31. The summed E-state index contributed by atoms with van der Waals surface area (Å²) in [5.74, 6) is 2.22. The van der Waals surface area contributed by atoms with Crippen LogP contribution in [-0.4, -0.2) is 35.9 Å². The van der Waals surface area contributed by atoms with Crippen LogP contribution in [0.15, 0.2) is 42.6 Å². The normalized spacial score (nSPS) is 13.0. The number of methoxy groups -OCH3 is 2. The molecule has 0 radical (unpaired) electrons. The minimum absolute atomic E-state index is 0.469. The van der Waals surface area contributed by atoms with Gasteiger partial charge in [0.25, 0.3) is 5.95 Å². The predicted octanol–water partition coefficient (Wildman–Crippen LogP) is 4.37. The molecular formula is C20H20ClN5O2. The van der Waals surface area contributed by atoms with Crippen molar-refractivity contribution >= 4 is 34.7 Å². The van der Waals surface area contributed by atoms with Gasteiger partial charge in [0.2, 0.25) is 0 Å². The first-order chi connectivity index (χ1) is 13.7. The van der Waals surface area contributed by atoms with E-state index in [1.54, 1.807) is 32.5 Å². The summed E-state index contributed by atoms with van der Waals surface area (Å²) in [6.45, 7) is 0.847. The number of nitrogens with one attached hydrogen (secondary N) is 1. The molecule has 0 bridgehead atoms. The largest absolute Gasteiger partial charge is 0.495 e. The fraction of sp³-hybridized carbons (Fsp3) is 0.250. The molecule has 0 aliphatic carbocycles. The van der Waals surface area contributed by atoms with E-state index in [2.05, 4.69) is 43.6 Å². The Morgan fingerprint density at radius 2 is 1.93 bits per heavy atom. The third-order valence-electron chi connectivity index (χ3n) is 4.64. The van der Waals surface area contributed by atoms with E-state index in [1.165, 1.54) is 5.56 Å².